The van der Waals surface area contributed by atoms with Gasteiger partial charge < -0.3 is 11.1 Å². The first kappa shape index (κ1) is 22.0. The predicted molar refractivity (Wildman–Crippen MR) is 107 cm³/mol. The van der Waals surface area contributed by atoms with Crippen LogP contribution in [0, 0.1) is 9.39 Å². The van der Waals surface area contributed by atoms with Crippen LogP contribution in [-0.4, -0.2) is 26.6 Å². The lowest BCUT2D eigenvalue weighted by molar-refractivity contribution is -0.141. The van der Waals surface area contributed by atoms with Crippen molar-refractivity contribution in [3.05, 3.63) is 67.9 Å². The Bertz CT molecular complexity index is 1170. The van der Waals surface area contributed by atoms with E-state index in [9.17, 15) is 27.2 Å². The minimum Gasteiger partial charge on any atom is -0.366 e. The molecule has 0 radical (unpaired) electrons. The number of benzene rings is 1. The maximum absolute atomic E-state index is 14.4. The van der Waals surface area contributed by atoms with Crippen molar-refractivity contribution in [1.82, 2.24) is 14.8 Å². The number of carbonyl (C=O) groups is 2. The molecule has 0 aliphatic rings. The van der Waals surface area contributed by atoms with E-state index in [2.05, 4.69) is 15.4 Å². The fraction of sp³-hybridized carbons (Fsp3) is 0.0588. The zero-order chi connectivity index (χ0) is 22.2. The molecule has 0 atom stereocenters. The highest BCUT2D eigenvalue weighted by Crippen LogP contribution is 2.31. The molecule has 2 heterocycles. The smallest absolute Gasteiger partial charge is 0.366 e. The van der Waals surface area contributed by atoms with Gasteiger partial charge in [0, 0.05) is 15.8 Å². The molecule has 156 valence electrons. The molecule has 2 amide bonds. The van der Waals surface area contributed by atoms with Crippen molar-refractivity contribution >= 4 is 51.7 Å². The van der Waals surface area contributed by atoms with Crippen LogP contribution in [0.5, 0.6) is 0 Å². The summed E-state index contributed by atoms with van der Waals surface area (Å²) < 4.78 is 54.8. The summed E-state index contributed by atoms with van der Waals surface area (Å²) in [7, 11) is 0. The van der Waals surface area contributed by atoms with Crippen LogP contribution in [0.4, 0.5) is 23.2 Å². The number of hydrogen-bond donors (Lipinski definition) is 2. The molecular weight excluding hydrogens is 545 g/mol. The van der Waals surface area contributed by atoms with Crippen LogP contribution in [0.3, 0.4) is 0 Å². The van der Waals surface area contributed by atoms with Gasteiger partial charge in [-0.1, -0.05) is 11.6 Å². The zero-order valence-electron chi connectivity index (χ0n) is 14.5. The van der Waals surface area contributed by atoms with Gasteiger partial charge in [-0.2, -0.15) is 18.3 Å². The first-order valence-electron chi connectivity index (χ1n) is 7.87. The van der Waals surface area contributed by atoms with Gasteiger partial charge in [-0.15, -0.1) is 0 Å². The molecule has 0 saturated carbocycles. The number of alkyl halides is 3. The summed E-state index contributed by atoms with van der Waals surface area (Å²) in [6.07, 6.45) is -3.64. The maximum atomic E-state index is 14.4. The molecule has 3 aromatic rings. The summed E-state index contributed by atoms with van der Waals surface area (Å²) in [6.45, 7) is 0. The minimum absolute atomic E-state index is 0.0818. The Morgan fingerprint density at radius 3 is 2.53 bits per heavy atom. The van der Waals surface area contributed by atoms with Crippen LogP contribution in [0.1, 0.15) is 26.5 Å². The fourth-order valence-electron chi connectivity index (χ4n) is 2.45. The fourth-order valence-corrected chi connectivity index (χ4v) is 3.23. The lowest BCUT2D eigenvalue weighted by Gasteiger charge is -2.12. The molecule has 0 aliphatic carbocycles. The van der Waals surface area contributed by atoms with E-state index in [1.165, 1.54) is 24.4 Å². The van der Waals surface area contributed by atoms with Gasteiger partial charge in [-0.3, -0.25) is 9.59 Å². The van der Waals surface area contributed by atoms with Crippen molar-refractivity contribution in [2.45, 2.75) is 6.18 Å². The number of nitrogens with zero attached hydrogens (tertiary/aromatic N) is 3. The van der Waals surface area contributed by atoms with E-state index in [1.807, 2.05) is 0 Å². The van der Waals surface area contributed by atoms with Gasteiger partial charge in [0.25, 0.3) is 11.8 Å². The average Bonchev–Trinajstić information content (AvgIpc) is 3.09. The van der Waals surface area contributed by atoms with E-state index in [0.29, 0.717) is 14.3 Å². The highest BCUT2D eigenvalue weighted by Gasteiger charge is 2.36. The van der Waals surface area contributed by atoms with Crippen LogP contribution in [-0.2, 0) is 6.18 Å². The number of primary amides is 1. The molecule has 3 N–H and O–H groups in total. The molecule has 30 heavy (non-hydrogen) atoms. The summed E-state index contributed by atoms with van der Waals surface area (Å²) in [5.41, 5.74) is 2.24. The van der Waals surface area contributed by atoms with Crippen molar-refractivity contribution in [3.63, 3.8) is 0 Å². The van der Waals surface area contributed by atoms with E-state index in [4.69, 9.17) is 17.3 Å². The molecular formula is C17H9ClF4IN5O2. The van der Waals surface area contributed by atoms with Crippen LogP contribution < -0.4 is 11.1 Å². The Hall–Kier alpha value is -2.74. The summed E-state index contributed by atoms with van der Waals surface area (Å²) in [5, 5.41) is 5.37. The van der Waals surface area contributed by atoms with Crippen molar-refractivity contribution in [2.24, 2.45) is 5.73 Å². The molecule has 7 nitrogen and oxygen atoms in total. The standard InChI is InChI=1S/C17H9ClF4IN5O2/c18-9-2-1-3-25-15(9)28-11(6-12(27-28)17(20,21)22)16(30)26-13-8(14(24)29)4-7(23)5-10(13)19/h1-6H,(H2,24,29)(H,26,30). The van der Waals surface area contributed by atoms with Crippen molar-refractivity contribution in [1.29, 1.82) is 0 Å². The first-order chi connectivity index (χ1) is 14.0. The molecule has 2 aromatic heterocycles. The Morgan fingerprint density at radius 1 is 1.23 bits per heavy atom. The van der Waals surface area contributed by atoms with E-state index in [1.54, 1.807) is 22.6 Å². The van der Waals surface area contributed by atoms with Gasteiger partial charge in [-0.05, 0) is 46.9 Å². The number of nitrogens with one attached hydrogen (secondary N) is 1. The van der Waals surface area contributed by atoms with Crippen LogP contribution in [0.2, 0.25) is 5.02 Å². The molecule has 0 bridgehead atoms. The Labute approximate surface area is 184 Å². The van der Waals surface area contributed by atoms with Gasteiger partial charge in [-0.25, -0.2) is 14.1 Å². The number of hydrogen-bond acceptors (Lipinski definition) is 4. The predicted octanol–water partition coefficient (Wildman–Crippen LogP) is 4.03. The van der Waals surface area contributed by atoms with Crippen LogP contribution in [0.25, 0.3) is 5.82 Å². The van der Waals surface area contributed by atoms with Gasteiger partial charge in [0.1, 0.15) is 11.5 Å². The first-order valence-corrected chi connectivity index (χ1v) is 9.33. The monoisotopic (exact) mass is 553 g/mol. The Kier molecular flexibility index (Phi) is 5.99. The SMILES string of the molecule is NC(=O)c1cc(I)cc(F)c1NC(=O)c1cc(C(F)(F)F)nn1-c1ncccc1Cl. The Balaban J connectivity index is 2.13. The van der Waals surface area contributed by atoms with Crippen LogP contribution >= 0.6 is 34.2 Å². The topological polar surface area (TPSA) is 103 Å². The van der Waals surface area contributed by atoms with Crippen molar-refractivity contribution < 1.29 is 27.2 Å². The van der Waals surface area contributed by atoms with E-state index in [0.717, 1.165) is 6.07 Å². The second-order valence-electron chi connectivity index (χ2n) is 5.76. The molecule has 3 rings (SSSR count). The molecule has 0 fully saturated rings. The summed E-state index contributed by atoms with van der Waals surface area (Å²) in [6, 6.07) is 5.45. The molecule has 0 unspecified atom stereocenters. The minimum atomic E-state index is -4.88. The second kappa shape index (κ2) is 8.18. The molecule has 1 aromatic carbocycles. The third kappa shape index (κ3) is 4.38. The second-order valence-corrected chi connectivity index (χ2v) is 7.41. The maximum Gasteiger partial charge on any atom is 0.435 e. The summed E-state index contributed by atoms with van der Waals surface area (Å²) in [5.74, 6) is -3.48. The zero-order valence-corrected chi connectivity index (χ0v) is 17.4. The summed E-state index contributed by atoms with van der Waals surface area (Å²) in [4.78, 5) is 28.2. The third-order valence-corrected chi connectivity index (χ3v) is 4.65. The lowest BCUT2D eigenvalue weighted by Crippen LogP contribution is -2.22. The molecule has 0 spiro atoms. The lowest BCUT2D eigenvalue weighted by atomic mass is 10.1. The third-order valence-electron chi connectivity index (χ3n) is 3.73. The number of amides is 2. The molecule has 13 heteroatoms. The quantitative estimate of drug-likeness (QED) is 0.376. The van der Waals surface area contributed by atoms with E-state index < -0.39 is 40.9 Å². The number of halogens is 6. The number of anilines is 1. The van der Waals surface area contributed by atoms with E-state index >= 15 is 0 Å². The number of carbonyl (C=O) groups excluding carboxylic acids is 2. The largest absolute Gasteiger partial charge is 0.435 e. The number of aromatic nitrogens is 3. The highest BCUT2D eigenvalue weighted by molar-refractivity contribution is 14.1. The van der Waals surface area contributed by atoms with Crippen LogP contribution in [0.15, 0.2) is 36.5 Å². The average molecular weight is 554 g/mol. The van der Waals surface area contributed by atoms with Gasteiger partial charge >= 0.3 is 6.18 Å². The molecule has 0 aliphatic heterocycles. The number of nitrogens with two attached hydrogens (primary N) is 1. The van der Waals surface area contributed by atoms with Crippen molar-refractivity contribution in [3.8, 4) is 5.82 Å². The Morgan fingerprint density at radius 2 is 1.93 bits per heavy atom. The van der Waals surface area contributed by atoms with Gasteiger partial charge in [0.2, 0.25) is 0 Å². The van der Waals surface area contributed by atoms with Crippen molar-refractivity contribution in [2.75, 3.05) is 5.32 Å². The summed E-state index contributed by atoms with van der Waals surface area (Å²) >= 11 is 7.70. The molecule has 0 saturated heterocycles. The normalized spacial score (nSPS) is 11.4. The van der Waals surface area contributed by atoms with Gasteiger partial charge in [0.15, 0.2) is 11.5 Å². The highest BCUT2D eigenvalue weighted by atomic mass is 127. The number of pyridine rings is 1. The number of rotatable bonds is 4. The van der Waals surface area contributed by atoms with Gasteiger partial charge in [0.05, 0.1) is 16.3 Å². The van der Waals surface area contributed by atoms with E-state index in [-0.39, 0.29) is 16.4 Å².